The van der Waals surface area contributed by atoms with E-state index in [0.717, 1.165) is 25.7 Å². The van der Waals surface area contributed by atoms with E-state index in [1.807, 2.05) is 6.07 Å². The Kier molecular flexibility index (Phi) is 6.44. The van der Waals surface area contributed by atoms with Gasteiger partial charge in [-0.15, -0.1) is 0 Å². The molecule has 0 radical (unpaired) electrons. The quantitative estimate of drug-likeness (QED) is 0.745. The predicted octanol–water partition coefficient (Wildman–Crippen LogP) is 4.13. The van der Waals surface area contributed by atoms with Crippen molar-refractivity contribution in [2.24, 2.45) is 5.92 Å². The van der Waals surface area contributed by atoms with Crippen molar-refractivity contribution in [3.63, 3.8) is 0 Å². The van der Waals surface area contributed by atoms with E-state index in [4.69, 9.17) is 21.6 Å². The highest BCUT2D eigenvalue weighted by Crippen LogP contribution is 2.35. The van der Waals surface area contributed by atoms with Crippen LogP contribution in [0.15, 0.2) is 42.5 Å². The summed E-state index contributed by atoms with van der Waals surface area (Å²) >= 11 is 6.05. The molecular formula is C23H21ClN2O3. The number of hydrogen-bond donors (Lipinski definition) is 2. The molecule has 0 aliphatic heterocycles. The first-order chi connectivity index (χ1) is 14.0. The van der Waals surface area contributed by atoms with Gasteiger partial charge < -0.3 is 15.2 Å². The smallest absolute Gasteiger partial charge is 0.269 e. The molecule has 0 heterocycles. The van der Waals surface area contributed by atoms with Crippen molar-refractivity contribution >= 4 is 23.2 Å². The number of benzene rings is 2. The molecule has 3 rings (SSSR count). The van der Waals surface area contributed by atoms with Crippen LogP contribution in [0.4, 0.5) is 5.69 Å². The number of hydrogen-bond acceptors (Lipinski definition) is 4. The van der Waals surface area contributed by atoms with Gasteiger partial charge in [-0.05, 0) is 55.3 Å². The van der Waals surface area contributed by atoms with Crippen molar-refractivity contribution in [3.05, 3.63) is 58.6 Å². The van der Waals surface area contributed by atoms with E-state index in [1.54, 1.807) is 37.4 Å². The van der Waals surface area contributed by atoms with Gasteiger partial charge in [-0.1, -0.05) is 36.3 Å². The molecule has 0 bridgehead atoms. The summed E-state index contributed by atoms with van der Waals surface area (Å²) in [4.78, 5) is 13.0. The van der Waals surface area contributed by atoms with Crippen molar-refractivity contribution < 1.29 is 14.6 Å². The fourth-order valence-corrected chi connectivity index (χ4v) is 3.66. The Morgan fingerprint density at radius 2 is 1.93 bits per heavy atom. The Hall–Kier alpha value is -2.99. The van der Waals surface area contributed by atoms with Crippen LogP contribution in [0.5, 0.6) is 5.75 Å². The lowest BCUT2D eigenvalue weighted by atomic mass is 9.85. The number of anilines is 1. The van der Waals surface area contributed by atoms with E-state index in [9.17, 15) is 9.90 Å². The van der Waals surface area contributed by atoms with Gasteiger partial charge in [-0.2, -0.15) is 5.26 Å². The van der Waals surface area contributed by atoms with Crippen LogP contribution >= 0.6 is 11.6 Å². The van der Waals surface area contributed by atoms with Crippen molar-refractivity contribution in [3.8, 4) is 23.7 Å². The second kappa shape index (κ2) is 9.01. The summed E-state index contributed by atoms with van der Waals surface area (Å²) in [5.74, 6) is 5.61. The number of nitrogens with one attached hydrogen (secondary N) is 1. The van der Waals surface area contributed by atoms with E-state index in [-0.39, 0.29) is 10.9 Å². The summed E-state index contributed by atoms with van der Waals surface area (Å²) in [6.07, 6.45) is 3.37. The van der Waals surface area contributed by atoms with Crippen LogP contribution in [0, 0.1) is 29.1 Å². The van der Waals surface area contributed by atoms with Gasteiger partial charge in [-0.25, -0.2) is 0 Å². The first kappa shape index (κ1) is 20.7. The minimum Gasteiger partial charge on any atom is -0.497 e. The van der Waals surface area contributed by atoms with Crippen LogP contribution in [-0.4, -0.2) is 23.7 Å². The minimum atomic E-state index is -1.82. The van der Waals surface area contributed by atoms with Crippen molar-refractivity contribution in [1.29, 1.82) is 5.26 Å². The Balaban J connectivity index is 1.87. The molecule has 6 heteroatoms. The van der Waals surface area contributed by atoms with Gasteiger partial charge in [0.2, 0.25) is 5.60 Å². The molecule has 1 amide bonds. The molecule has 2 N–H and O–H groups in total. The van der Waals surface area contributed by atoms with E-state index >= 15 is 0 Å². The van der Waals surface area contributed by atoms with E-state index in [2.05, 4.69) is 17.2 Å². The first-order valence-corrected chi connectivity index (χ1v) is 9.75. The molecule has 29 heavy (non-hydrogen) atoms. The van der Waals surface area contributed by atoms with Gasteiger partial charge in [0.1, 0.15) is 11.8 Å². The molecule has 1 saturated carbocycles. The topological polar surface area (TPSA) is 82.3 Å². The summed E-state index contributed by atoms with van der Waals surface area (Å²) in [6.45, 7) is 0. The maximum absolute atomic E-state index is 13.0. The van der Waals surface area contributed by atoms with Gasteiger partial charge in [-0.3, -0.25) is 4.79 Å². The zero-order valence-electron chi connectivity index (χ0n) is 16.0. The first-order valence-electron chi connectivity index (χ1n) is 9.37. The lowest BCUT2D eigenvalue weighted by molar-refractivity contribution is -0.132. The van der Waals surface area contributed by atoms with Crippen LogP contribution in [-0.2, 0) is 4.79 Å². The number of rotatable bonds is 4. The van der Waals surface area contributed by atoms with Crippen LogP contribution in [0.25, 0.3) is 0 Å². The third-order valence-electron chi connectivity index (χ3n) is 5.13. The number of nitriles is 1. The number of aliphatic hydroxyl groups is 1. The SMILES string of the molecule is COc1ccc(C#CC(O)(C(=O)Nc2ccc(C#N)c(Cl)c2)C2CCCC2)cc1. The van der Waals surface area contributed by atoms with Crippen LogP contribution in [0.1, 0.15) is 36.8 Å². The number of carbonyl (C=O) groups excluding carboxylic acids is 1. The van der Waals surface area contributed by atoms with Crippen molar-refractivity contribution in [2.45, 2.75) is 31.3 Å². The van der Waals surface area contributed by atoms with E-state index in [1.165, 1.54) is 12.1 Å². The predicted molar refractivity (Wildman–Crippen MR) is 112 cm³/mol. The molecule has 2 aromatic rings. The second-order valence-electron chi connectivity index (χ2n) is 6.99. The molecule has 0 spiro atoms. The number of carbonyl (C=O) groups is 1. The Bertz CT molecular complexity index is 996. The van der Waals surface area contributed by atoms with Crippen molar-refractivity contribution in [2.75, 3.05) is 12.4 Å². The highest BCUT2D eigenvalue weighted by atomic mass is 35.5. The normalized spacial score (nSPS) is 15.5. The number of nitrogens with zero attached hydrogens (tertiary/aromatic N) is 1. The highest BCUT2D eigenvalue weighted by molar-refractivity contribution is 6.32. The number of ether oxygens (including phenoxy) is 1. The fourth-order valence-electron chi connectivity index (χ4n) is 3.44. The molecule has 1 aliphatic rings. The summed E-state index contributed by atoms with van der Waals surface area (Å²) in [6, 6.07) is 13.7. The third-order valence-corrected chi connectivity index (χ3v) is 5.44. The zero-order valence-corrected chi connectivity index (χ0v) is 16.8. The molecule has 0 aromatic heterocycles. The summed E-state index contributed by atoms with van der Waals surface area (Å²) < 4.78 is 5.13. The largest absolute Gasteiger partial charge is 0.497 e. The standard InChI is InChI=1S/C23H21ClN2O3/c1-29-20-10-6-16(7-11-20)12-13-23(28,18-4-2-3-5-18)22(27)26-19-9-8-17(15-25)21(24)14-19/h6-11,14,18,28H,2-5H2,1H3,(H,26,27). The molecule has 148 valence electrons. The summed E-state index contributed by atoms with van der Waals surface area (Å²) in [5.41, 5.74) is -0.426. The van der Waals surface area contributed by atoms with E-state index < -0.39 is 11.5 Å². The summed E-state index contributed by atoms with van der Waals surface area (Å²) in [5, 5.41) is 23.2. The number of amides is 1. The molecular weight excluding hydrogens is 388 g/mol. The van der Waals surface area contributed by atoms with Gasteiger partial charge >= 0.3 is 0 Å². The van der Waals surface area contributed by atoms with Crippen LogP contribution in [0.3, 0.4) is 0 Å². The highest BCUT2D eigenvalue weighted by Gasteiger charge is 2.44. The monoisotopic (exact) mass is 408 g/mol. The molecule has 5 nitrogen and oxygen atoms in total. The number of methoxy groups -OCH3 is 1. The lowest BCUT2D eigenvalue weighted by Crippen LogP contribution is -2.47. The fraction of sp³-hybridized carbons (Fsp3) is 0.304. The zero-order chi connectivity index (χ0) is 20.9. The Labute approximate surface area is 175 Å². The second-order valence-corrected chi connectivity index (χ2v) is 7.39. The maximum Gasteiger partial charge on any atom is 0.269 e. The van der Waals surface area contributed by atoms with Gasteiger partial charge in [0.15, 0.2) is 0 Å². The van der Waals surface area contributed by atoms with Gasteiger partial charge in [0, 0.05) is 17.2 Å². The molecule has 1 atom stereocenters. The van der Waals surface area contributed by atoms with Crippen LogP contribution in [0.2, 0.25) is 5.02 Å². The van der Waals surface area contributed by atoms with Gasteiger partial charge in [0.25, 0.3) is 5.91 Å². The minimum absolute atomic E-state index is 0.235. The Morgan fingerprint density at radius 3 is 2.52 bits per heavy atom. The van der Waals surface area contributed by atoms with E-state index in [0.29, 0.717) is 22.6 Å². The molecule has 0 saturated heterocycles. The molecule has 2 aromatic carbocycles. The van der Waals surface area contributed by atoms with Crippen molar-refractivity contribution in [1.82, 2.24) is 0 Å². The Morgan fingerprint density at radius 1 is 1.24 bits per heavy atom. The molecule has 1 aliphatic carbocycles. The van der Waals surface area contributed by atoms with Gasteiger partial charge in [0.05, 0.1) is 17.7 Å². The number of halogens is 1. The maximum atomic E-state index is 13.0. The average molecular weight is 409 g/mol. The summed E-state index contributed by atoms with van der Waals surface area (Å²) in [7, 11) is 1.58. The van der Waals surface area contributed by atoms with Crippen LogP contribution < -0.4 is 10.1 Å². The molecule has 1 unspecified atom stereocenters. The third kappa shape index (κ3) is 4.71. The molecule has 1 fully saturated rings. The lowest BCUT2D eigenvalue weighted by Gasteiger charge is -2.27. The average Bonchev–Trinajstić information content (AvgIpc) is 3.28.